The number of nitrogens with one attached hydrogen (secondary N) is 1. The van der Waals surface area contributed by atoms with E-state index in [1.807, 2.05) is 26.0 Å². The largest absolute Gasteiger partial charge is 0.353 e. The van der Waals surface area contributed by atoms with Gasteiger partial charge in [-0.3, -0.25) is 9.59 Å². The van der Waals surface area contributed by atoms with Gasteiger partial charge < -0.3 is 10.2 Å². The van der Waals surface area contributed by atoms with Crippen molar-refractivity contribution in [1.29, 1.82) is 0 Å². The van der Waals surface area contributed by atoms with Crippen LogP contribution in [-0.4, -0.2) is 24.4 Å². The first-order valence-electron chi connectivity index (χ1n) is 7.24. The minimum Gasteiger partial charge on any atom is -0.353 e. The Morgan fingerprint density at radius 2 is 1.80 bits per heavy atom. The van der Waals surface area contributed by atoms with Crippen molar-refractivity contribution >= 4 is 17.5 Å². The van der Waals surface area contributed by atoms with Crippen molar-refractivity contribution in [3.05, 3.63) is 29.3 Å². The van der Waals surface area contributed by atoms with Crippen molar-refractivity contribution in [2.75, 3.05) is 11.4 Å². The Kier molecular flexibility index (Phi) is 3.24. The number of rotatable bonds is 3. The third-order valence-electron chi connectivity index (χ3n) is 3.96. The van der Waals surface area contributed by atoms with Gasteiger partial charge in [-0.25, -0.2) is 0 Å². The van der Waals surface area contributed by atoms with Gasteiger partial charge in [-0.15, -0.1) is 0 Å². The monoisotopic (exact) mass is 272 g/mol. The quantitative estimate of drug-likeness (QED) is 0.855. The standard InChI is InChI=1S/C16H20N2O2/c1-10-7-11(2)9-13(8-10)18-6-5-14(16(18)20)15(19)17-12-3-4-12/h7-9,12,14H,3-6H2,1-2H3,(H,17,19). The Labute approximate surface area is 119 Å². The van der Waals surface area contributed by atoms with Crippen LogP contribution < -0.4 is 10.2 Å². The van der Waals surface area contributed by atoms with E-state index in [4.69, 9.17) is 0 Å². The maximum absolute atomic E-state index is 12.4. The van der Waals surface area contributed by atoms with E-state index in [1.54, 1.807) is 4.90 Å². The summed E-state index contributed by atoms with van der Waals surface area (Å²) in [7, 11) is 0. The highest BCUT2D eigenvalue weighted by Crippen LogP contribution is 2.28. The van der Waals surface area contributed by atoms with Crippen LogP contribution in [0.4, 0.5) is 5.69 Å². The topological polar surface area (TPSA) is 49.4 Å². The van der Waals surface area contributed by atoms with E-state index in [-0.39, 0.29) is 11.8 Å². The van der Waals surface area contributed by atoms with E-state index in [1.165, 1.54) is 0 Å². The van der Waals surface area contributed by atoms with Crippen LogP contribution in [0.15, 0.2) is 18.2 Å². The van der Waals surface area contributed by atoms with Crippen LogP contribution >= 0.6 is 0 Å². The average molecular weight is 272 g/mol. The molecule has 106 valence electrons. The zero-order chi connectivity index (χ0) is 14.3. The van der Waals surface area contributed by atoms with E-state index >= 15 is 0 Å². The molecule has 2 aliphatic rings. The number of nitrogens with zero attached hydrogens (tertiary/aromatic N) is 1. The number of aryl methyl sites for hydroxylation is 2. The molecule has 0 aromatic heterocycles. The summed E-state index contributed by atoms with van der Waals surface area (Å²) in [5, 5.41) is 2.93. The Hall–Kier alpha value is -1.84. The molecule has 1 heterocycles. The van der Waals surface area contributed by atoms with Crippen molar-refractivity contribution in [3.8, 4) is 0 Å². The van der Waals surface area contributed by atoms with E-state index in [0.717, 1.165) is 29.7 Å². The Morgan fingerprint density at radius 3 is 2.40 bits per heavy atom. The van der Waals surface area contributed by atoms with Gasteiger partial charge in [0.2, 0.25) is 11.8 Å². The number of carbonyl (C=O) groups excluding carboxylic acids is 2. The van der Waals surface area contributed by atoms with Crippen molar-refractivity contribution in [2.45, 2.75) is 39.2 Å². The van der Waals surface area contributed by atoms with Gasteiger partial charge in [0.05, 0.1) is 0 Å². The minimum atomic E-state index is -0.503. The van der Waals surface area contributed by atoms with E-state index < -0.39 is 5.92 Å². The van der Waals surface area contributed by atoms with Crippen LogP contribution in [-0.2, 0) is 9.59 Å². The second kappa shape index (κ2) is 4.93. The highest BCUT2D eigenvalue weighted by Gasteiger charge is 2.39. The summed E-state index contributed by atoms with van der Waals surface area (Å²) < 4.78 is 0. The Morgan fingerprint density at radius 1 is 1.15 bits per heavy atom. The van der Waals surface area contributed by atoms with Gasteiger partial charge in [-0.05, 0) is 56.4 Å². The van der Waals surface area contributed by atoms with E-state index in [0.29, 0.717) is 19.0 Å². The molecule has 0 bridgehead atoms. The number of hydrogen-bond acceptors (Lipinski definition) is 2. The van der Waals surface area contributed by atoms with Crippen LogP contribution in [0.3, 0.4) is 0 Å². The number of amides is 2. The predicted octanol–water partition coefficient (Wildman–Crippen LogP) is 1.93. The molecule has 1 saturated carbocycles. The summed E-state index contributed by atoms with van der Waals surface area (Å²) in [4.78, 5) is 26.2. The first-order valence-corrected chi connectivity index (χ1v) is 7.24. The smallest absolute Gasteiger partial charge is 0.239 e. The molecule has 1 aliphatic heterocycles. The second-order valence-corrected chi connectivity index (χ2v) is 5.96. The van der Waals surface area contributed by atoms with Crippen LogP contribution in [0.1, 0.15) is 30.4 Å². The molecule has 1 aliphatic carbocycles. The molecule has 4 nitrogen and oxygen atoms in total. The third-order valence-corrected chi connectivity index (χ3v) is 3.96. The summed E-state index contributed by atoms with van der Waals surface area (Å²) >= 11 is 0. The third kappa shape index (κ3) is 2.55. The molecule has 4 heteroatoms. The van der Waals surface area contributed by atoms with Crippen molar-refractivity contribution in [2.24, 2.45) is 5.92 Å². The fraction of sp³-hybridized carbons (Fsp3) is 0.500. The molecule has 1 saturated heterocycles. The summed E-state index contributed by atoms with van der Waals surface area (Å²) in [6.45, 7) is 4.67. The van der Waals surface area contributed by atoms with Crippen LogP contribution in [0, 0.1) is 19.8 Å². The van der Waals surface area contributed by atoms with Crippen molar-refractivity contribution in [1.82, 2.24) is 5.32 Å². The lowest BCUT2D eigenvalue weighted by atomic mass is 10.1. The molecule has 20 heavy (non-hydrogen) atoms. The lowest BCUT2D eigenvalue weighted by molar-refractivity contribution is -0.132. The molecule has 1 unspecified atom stereocenters. The predicted molar refractivity (Wildman–Crippen MR) is 77.5 cm³/mol. The molecular formula is C16H20N2O2. The summed E-state index contributed by atoms with van der Waals surface area (Å²) in [5.41, 5.74) is 3.19. The van der Waals surface area contributed by atoms with Crippen molar-refractivity contribution in [3.63, 3.8) is 0 Å². The maximum Gasteiger partial charge on any atom is 0.239 e. The fourth-order valence-electron chi connectivity index (χ4n) is 2.82. The molecule has 0 radical (unpaired) electrons. The summed E-state index contributed by atoms with van der Waals surface area (Å²) in [6, 6.07) is 6.41. The molecule has 0 spiro atoms. The normalized spacial score (nSPS) is 22.2. The van der Waals surface area contributed by atoms with Crippen molar-refractivity contribution < 1.29 is 9.59 Å². The Bertz CT molecular complexity index is 543. The van der Waals surface area contributed by atoms with Gasteiger partial charge in [0.1, 0.15) is 5.92 Å². The zero-order valence-corrected chi connectivity index (χ0v) is 12.0. The summed E-state index contributed by atoms with van der Waals surface area (Å²) in [5.74, 6) is -0.658. The van der Waals surface area contributed by atoms with Crippen LogP contribution in [0.5, 0.6) is 0 Å². The molecule has 1 aromatic carbocycles. The molecule has 1 aromatic rings. The molecule has 2 amide bonds. The highest BCUT2D eigenvalue weighted by molar-refractivity contribution is 6.09. The van der Waals surface area contributed by atoms with Crippen LogP contribution in [0.25, 0.3) is 0 Å². The first kappa shape index (κ1) is 13.2. The number of hydrogen-bond donors (Lipinski definition) is 1. The maximum atomic E-state index is 12.4. The molecule has 1 atom stereocenters. The van der Waals surface area contributed by atoms with E-state index in [2.05, 4.69) is 11.4 Å². The Balaban J connectivity index is 1.75. The molecule has 1 N–H and O–H groups in total. The molecule has 2 fully saturated rings. The van der Waals surface area contributed by atoms with Gasteiger partial charge in [-0.1, -0.05) is 6.07 Å². The number of benzene rings is 1. The number of carbonyl (C=O) groups is 2. The van der Waals surface area contributed by atoms with Gasteiger partial charge in [0.25, 0.3) is 0 Å². The lowest BCUT2D eigenvalue weighted by Gasteiger charge is -2.18. The second-order valence-electron chi connectivity index (χ2n) is 5.96. The van der Waals surface area contributed by atoms with Gasteiger partial charge in [-0.2, -0.15) is 0 Å². The first-order chi connectivity index (χ1) is 9.54. The number of anilines is 1. The van der Waals surface area contributed by atoms with Gasteiger partial charge in [0, 0.05) is 18.3 Å². The lowest BCUT2D eigenvalue weighted by Crippen LogP contribution is -2.37. The molecule has 3 rings (SSSR count). The van der Waals surface area contributed by atoms with Gasteiger partial charge >= 0.3 is 0 Å². The minimum absolute atomic E-state index is 0.0619. The summed E-state index contributed by atoms with van der Waals surface area (Å²) in [6.07, 6.45) is 2.71. The average Bonchev–Trinajstić information content (AvgIpc) is 3.08. The van der Waals surface area contributed by atoms with Crippen LogP contribution in [0.2, 0.25) is 0 Å². The fourth-order valence-corrected chi connectivity index (χ4v) is 2.82. The highest BCUT2D eigenvalue weighted by atomic mass is 16.2. The zero-order valence-electron chi connectivity index (χ0n) is 12.0. The SMILES string of the molecule is Cc1cc(C)cc(N2CCC(C(=O)NC3CC3)C2=O)c1. The molecular weight excluding hydrogens is 252 g/mol. The van der Waals surface area contributed by atoms with E-state index in [9.17, 15) is 9.59 Å². The van der Waals surface area contributed by atoms with Gasteiger partial charge in [0.15, 0.2) is 0 Å².